The van der Waals surface area contributed by atoms with Gasteiger partial charge in [-0.2, -0.15) is 4.98 Å². The van der Waals surface area contributed by atoms with Crippen molar-refractivity contribution in [2.75, 3.05) is 5.32 Å². The molecule has 6 heteroatoms. The zero-order valence-electron chi connectivity index (χ0n) is 10.7. The van der Waals surface area contributed by atoms with E-state index >= 15 is 0 Å². The van der Waals surface area contributed by atoms with Crippen LogP contribution in [0.4, 0.5) is 5.95 Å². The van der Waals surface area contributed by atoms with Crippen LogP contribution in [0.15, 0.2) is 18.5 Å². The molecule has 2 aromatic heterocycles. The Morgan fingerprint density at radius 3 is 2.89 bits per heavy atom. The van der Waals surface area contributed by atoms with Crippen LogP contribution in [0.1, 0.15) is 23.7 Å². The van der Waals surface area contributed by atoms with Crippen LogP contribution in [-0.4, -0.2) is 21.1 Å². The average molecular weight is 264 g/mol. The van der Waals surface area contributed by atoms with E-state index in [1.54, 1.807) is 23.6 Å². The summed E-state index contributed by atoms with van der Waals surface area (Å²) < 4.78 is 5.51. The summed E-state index contributed by atoms with van der Waals surface area (Å²) in [5.41, 5.74) is 0. The van der Waals surface area contributed by atoms with Gasteiger partial charge in [-0.05, 0) is 20.8 Å². The molecule has 0 fully saturated rings. The monoisotopic (exact) mass is 264 g/mol. The molecule has 0 aliphatic rings. The van der Waals surface area contributed by atoms with Gasteiger partial charge in [0.25, 0.3) is 0 Å². The van der Waals surface area contributed by atoms with Gasteiger partial charge in [0.05, 0.1) is 12.6 Å². The van der Waals surface area contributed by atoms with Gasteiger partial charge in [0.1, 0.15) is 5.01 Å². The summed E-state index contributed by atoms with van der Waals surface area (Å²) in [5, 5.41) is 4.15. The minimum Gasteiger partial charge on any atom is -0.475 e. The summed E-state index contributed by atoms with van der Waals surface area (Å²) >= 11 is 1.66. The number of ether oxygens (including phenoxy) is 1. The fourth-order valence-corrected chi connectivity index (χ4v) is 2.10. The van der Waals surface area contributed by atoms with Gasteiger partial charge in [-0.1, -0.05) is 0 Å². The van der Waals surface area contributed by atoms with E-state index in [9.17, 15) is 0 Å². The molecule has 96 valence electrons. The molecule has 0 aliphatic carbocycles. The predicted molar refractivity (Wildman–Crippen MR) is 72.0 cm³/mol. The highest BCUT2D eigenvalue weighted by molar-refractivity contribution is 7.11. The molecule has 0 aromatic carbocycles. The van der Waals surface area contributed by atoms with Gasteiger partial charge in [-0.25, -0.2) is 9.97 Å². The smallest absolute Gasteiger partial charge is 0.226 e. The van der Waals surface area contributed by atoms with Crippen molar-refractivity contribution in [2.45, 2.75) is 33.4 Å². The lowest BCUT2D eigenvalue weighted by Crippen LogP contribution is -2.09. The van der Waals surface area contributed by atoms with Gasteiger partial charge < -0.3 is 10.1 Å². The summed E-state index contributed by atoms with van der Waals surface area (Å²) in [7, 11) is 0. The molecule has 0 amide bonds. The Morgan fingerprint density at radius 1 is 1.39 bits per heavy atom. The fourth-order valence-electron chi connectivity index (χ4n) is 1.37. The fraction of sp³-hybridized carbons (Fsp3) is 0.417. The SMILES string of the molecule is Cc1cnc(CNc2nccc(OC(C)C)n2)s1. The lowest BCUT2D eigenvalue weighted by molar-refractivity contribution is 0.232. The molecular formula is C12H16N4OS. The normalized spacial score (nSPS) is 10.7. The molecular weight excluding hydrogens is 248 g/mol. The lowest BCUT2D eigenvalue weighted by Gasteiger charge is -2.09. The molecule has 0 aliphatic heterocycles. The van der Waals surface area contributed by atoms with Crippen molar-refractivity contribution in [2.24, 2.45) is 0 Å². The maximum absolute atomic E-state index is 5.51. The predicted octanol–water partition coefficient (Wildman–Crippen LogP) is 2.64. The Balaban J connectivity index is 1.96. The van der Waals surface area contributed by atoms with E-state index in [-0.39, 0.29) is 6.10 Å². The molecule has 18 heavy (non-hydrogen) atoms. The number of hydrogen-bond acceptors (Lipinski definition) is 6. The van der Waals surface area contributed by atoms with Crippen LogP contribution in [0.25, 0.3) is 0 Å². The quantitative estimate of drug-likeness (QED) is 0.899. The van der Waals surface area contributed by atoms with Gasteiger partial charge in [0.2, 0.25) is 11.8 Å². The van der Waals surface area contributed by atoms with Crippen LogP contribution >= 0.6 is 11.3 Å². The van der Waals surface area contributed by atoms with E-state index in [1.165, 1.54) is 4.88 Å². The van der Waals surface area contributed by atoms with Crippen LogP contribution in [0.5, 0.6) is 5.88 Å². The molecule has 0 bridgehead atoms. The molecule has 0 spiro atoms. The molecule has 2 heterocycles. The summed E-state index contributed by atoms with van der Waals surface area (Å²) in [5.74, 6) is 1.14. The lowest BCUT2D eigenvalue weighted by atomic mass is 10.5. The number of aryl methyl sites for hydroxylation is 1. The Morgan fingerprint density at radius 2 is 2.22 bits per heavy atom. The molecule has 0 saturated heterocycles. The Hall–Kier alpha value is -1.69. The maximum Gasteiger partial charge on any atom is 0.226 e. The van der Waals surface area contributed by atoms with E-state index in [0.29, 0.717) is 18.4 Å². The molecule has 0 atom stereocenters. The van der Waals surface area contributed by atoms with Gasteiger partial charge >= 0.3 is 0 Å². The van der Waals surface area contributed by atoms with Crippen LogP contribution in [-0.2, 0) is 6.54 Å². The third-order valence-corrected chi connectivity index (χ3v) is 2.97. The number of nitrogens with zero attached hydrogens (tertiary/aromatic N) is 3. The number of rotatable bonds is 5. The van der Waals surface area contributed by atoms with Crippen molar-refractivity contribution >= 4 is 17.3 Å². The number of hydrogen-bond donors (Lipinski definition) is 1. The van der Waals surface area contributed by atoms with Crippen molar-refractivity contribution in [3.63, 3.8) is 0 Å². The van der Waals surface area contributed by atoms with Crippen LogP contribution < -0.4 is 10.1 Å². The van der Waals surface area contributed by atoms with Gasteiger partial charge in [-0.3, -0.25) is 0 Å². The first kappa shape index (κ1) is 12.8. The molecule has 0 unspecified atom stereocenters. The largest absolute Gasteiger partial charge is 0.475 e. The van der Waals surface area contributed by atoms with Crippen LogP contribution in [0.2, 0.25) is 0 Å². The zero-order chi connectivity index (χ0) is 13.0. The van der Waals surface area contributed by atoms with Crippen molar-refractivity contribution < 1.29 is 4.74 Å². The second-order valence-electron chi connectivity index (χ2n) is 4.10. The topological polar surface area (TPSA) is 59.9 Å². The summed E-state index contributed by atoms with van der Waals surface area (Å²) in [6, 6.07) is 1.75. The number of nitrogens with one attached hydrogen (secondary N) is 1. The first-order chi connectivity index (χ1) is 8.63. The first-order valence-corrected chi connectivity index (χ1v) is 6.60. The highest BCUT2D eigenvalue weighted by Crippen LogP contribution is 2.14. The van der Waals surface area contributed by atoms with Gasteiger partial charge in [-0.15, -0.1) is 11.3 Å². The van der Waals surface area contributed by atoms with Gasteiger partial charge in [0, 0.05) is 23.3 Å². The van der Waals surface area contributed by atoms with Crippen LogP contribution in [0, 0.1) is 6.92 Å². The standard InChI is InChI=1S/C12H16N4OS/c1-8(2)17-10-4-5-13-12(16-10)15-7-11-14-6-9(3)18-11/h4-6,8H,7H2,1-3H3,(H,13,15,16). The Kier molecular flexibility index (Phi) is 4.09. The second kappa shape index (κ2) is 5.77. The summed E-state index contributed by atoms with van der Waals surface area (Å²) in [4.78, 5) is 13.9. The highest BCUT2D eigenvalue weighted by atomic mass is 32.1. The number of thiazole rings is 1. The number of anilines is 1. The third-order valence-electron chi connectivity index (χ3n) is 2.05. The molecule has 1 N–H and O–H groups in total. The van der Waals surface area contributed by atoms with E-state index in [0.717, 1.165) is 5.01 Å². The maximum atomic E-state index is 5.51. The van der Waals surface area contributed by atoms with E-state index in [2.05, 4.69) is 20.3 Å². The van der Waals surface area contributed by atoms with Crippen molar-refractivity contribution in [1.29, 1.82) is 0 Å². The number of aromatic nitrogens is 3. The Bertz CT molecular complexity index is 512. The molecule has 0 saturated carbocycles. The van der Waals surface area contributed by atoms with Gasteiger partial charge in [0.15, 0.2) is 0 Å². The van der Waals surface area contributed by atoms with E-state index in [1.807, 2.05) is 27.0 Å². The summed E-state index contributed by atoms with van der Waals surface area (Å²) in [6.45, 7) is 6.60. The minimum atomic E-state index is 0.106. The second-order valence-corrected chi connectivity index (χ2v) is 5.42. The average Bonchev–Trinajstić information content (AvgIpc) is 2.72. The molecule has 0 radical (unpaired) electrons. The van der Waals surface area contributed by atoms with E-state index < -0.39 is 0 Å². The zero-order valence-corrected chi connectivity index (χ0v) is 11.5. The van der Waals surface area contributed by atoms with E-state index in [4.69, 9.17) is 4.74 Å². The van der Waals surface area contributed by atoms with Crippen molar-refractivity contribution in [3.8, 4) is 5.88 Å². The van der Waals surface area contributed by atoms with Crippen molar-refractivity contribution in [3.05, 3.63) is 28.3 Å². The Labute approximate surface area is 110 Å². The molecule has 2 rings (SSSR count). The summed E-state index contributed by atoms with van der Waals surface area (Å²) in [6.07, 6.45) is 3.65. The van der Waals surface area contributed by atoms with Crippen LogP contribution in [0.3, 0.4) is 0 Å². The highest BCUT2D eigenvalue weighted by Gasteiger charge is 2.03. The minimum absolute atomic E-state index is 0.106. The third kappa shape index (κ3) is 3.66. The molecule has 2 aromatic rings. The first-order valence-electron chi connectivity index (χ1n) is 5.78. The van der Waals surface area contributed by atoms with Crippen molar-refractivity contribution in [1.82, 2.24) is 15.0 Å². The molecule has 5 nitrogen and oxygen atoms in total.